The van der Waals surface area contributed by atoms with Crippen LogP contribution in [0.5, 0.6) is 0 Å². The number of carbonyl (C=O) groups is 3. The minimum atomic E-state index is -0.611. The Labute approximate surface area is 149 Å². The Hall–Kier alpha value is -2.61. The maximum Gasteiger partial charge on any atom is 0.306 e. The number of anilines is 1. The summed E-state index contributed by atoms with van der Waals surface area (Å²) in [6.45, 7) is 1.25. The molecule has 1 aromatic heterocycles. The van der Waals surface area contributed by atoms with Crippen LogP contribution in [0.15, 0.2) is 39.8 Å². The van der Waals surface area contributed by atoms with E-state index in [-0.39, 0.29) is 24.4 Å². The smallest absolute Gasteiger partial charge is 0.306 e. The number of nitrogens with one attached hydrogen (secondary N) is 1. The second-order valence-corrected chi connectivity index (χ2v) is 6.06. The van der Waals surface area contributed by atoms with Gasteiger partial charge < -0.3 is 14.6 Å². The van der Waals surface area contributed by atoms with Gasteiger partial charge in [0.15, 0.2) is 18.2 Å². The third-order valence-corrected chi connectivity index (χ3v) is 3.97. The molecule has 25 heavy (non-hydrogen) atoms. The second-order valence-electron chi connectivity index (χ2n) is 5.18. The van der Waals surface area contributed by atoms with Crippen molar-refractivity contribution in [2.24, 2.45) is 0 Å². The van der Waals surface area contributed by atoms with E-state index in [4.69, 9.17) is 9.26 Å². The highest BCUT2D eigenvalue weighted by Crippen LogP contribution is 2.16. The van der Waals surface area contributed by atoms with Crippen LogP contribution in [0.25, 0.3) is 0 Å². The Morgan fingerprint density at radius 3 is 2.52 bits per heavy atom. The second kappa shape index (κ2) is 9.03. The average molecular weight is 362 g/mol. The van der Waals surface area contributed by atoms with E-state index in [0.717, 1.165) is 4.90 Å². The van der Waals surface area contributed by atoms with Crippen LogP contribution in [0.1, 0.15) is 29.0 Å². The molecular formula is C17H18N2O5S. The van der Waals surface area contributed by atoms with E-state index in [9.17, 15) is 14.4 Å². The Kier molecular flexibility index (Phi) is 6.76. The predicted octanol–water partition coefficient (Wildman–Crippen LogP) is 2.85. The number of hydrogen-bond donors (Lipinski definition) is 1. The largest absolute Gasteiger partial charge is 0.456 e. The van der Waals surface area contributed by atoms with Crippen molar-refractivity contribution in [3.05, 3.63) is 41.7 Å². The molecule has 0 saturated heterocycles. The number of hydrogen-bond acceptors (Lipinski definition) is 7. The number of carbonyl (C=O) groups excluding carboxylic acids is 3. The maximum absolute atomic E-state index is 12.0. The Morgan fingerprint density at radius 2 is 1.92 bits per heavy atom. The summed E-state index contributed by atoms with van der Waals surface area (Å²) in [5, 5.41) is 6.02. The number of Topliss-reactive ketones (excluding diaryl/α,β-unsaturated/α-hetero) is 1. The molecule has 132 valence electrons. The van der Waals surface area contributed by atoms with Crippen LogP contribution < -0.4 is 5.32 Å². The summed E-state index contributed by atoms with van der Waals surface area (Å²) in [6, 6.07) is 8.71. The molecule has 1 amide bonds. The molecule has 0 fully saturated rings. The van der Waals surface area contributed by atoms with Crippen molar-refractivity contribution in [1.82, 2.24) is 5.16 Å². The van der Waals surface area contributed by atoms with Crippen LogP contribution in [-0.2, 0) is 14.3 Å². The molecule has 0 aliphatic rings. The van der Waals surface area contributed by atoms with Crippen molar-refractivity contribution in [3.8, 4) is 0 Å². The summed E-state index contributed by atoms with van der Waals surface area (Å²) in [7, 11) is 0. The molecule has 2 aromatic rings. The molecule has 2 rings (SSSR count). The van der Waals surface area contributed by atoms with E-state index >= 15 is 0 Å². The summed E-state index contributed by atoms with van der Waals surface area (Å²) in [6.07, 6.45) is 1.90. The summed E-state index contributed by atoms with van der Waals surface area (Å²) < 4.78 is 9.64. The van der Waals surface area contributed by atoms with Crippen LogP contribution in [0.2, 0.25) is 0 Å². The van der Waals surface area contributed by atoms with Crippen molar-refractivity contribution >= 4 is 35.2 Å². The van der Waals surface area contributed by atoms with Gasteiger partial charge in [0.2, 0.25) is 0 Å². The van der Waals surface area contributed by atoms with E-state index in [1.54, 1.807) is 36.9 Å². The normalized spacial score (nSPS) is 10.3. The molecule has 0 unspecified atom stereocenters. The fourth-order valence-electron chi connectivity index (χ4n) is 1.96. The number of nitrogens with zero attached hydrogens (tertiary/aromatic N) is 1. The highest BCUT2D eigenvalue weighted by Gasteiger charge is 2.13. The quantitative estimate of drug-likeness (QED) is 0.438. The zero-order chi connectivity index (χ0) is 18.2. The van der Waals surface area contributed by atoms with Crippen LogP contribution in [-0.4, -0.2) is 35.7 Å². The first-order chi connectivity index (χ1) is 12.0. The van der Waals surface area contributed by atoms with Gasteiger partial charge >= 0.3 is 5.97 Å². The number of aryl methyl sites for hydroxylation is 1. The maximum atomic E-state index is 12.0. The Balaban J connectivity index is 1.70. The third kappa shape index (κ3) is 6.07. The summed E-state index contributed by atoms with van der Waals surface area (Å²) >= 11 is 1.58. The first kappa shape index (κ1) is 18.7. The van der Waals surface area contributed by atoms with Crippen molar-refractivity contribution in [2.75, 3.05) is 18.2 Å². The molecule has 1 heterocycles. The zero-order valence-electron chi connectivity index (χ0n) is 13.9. The van der Waals surface area contributed by atoms with Crippen LogP contribution in [0.3, 0.4) is 0 Å². The van der Waals surface area contributed by atoms with Crippen molar-refractivity contribution < 1.29 is 23.6 Å². The highest BCUT2D eigenvalue weighted by molar-refractivity contribution is 7.98. The lowest BCUT2D eigenvalue weighted by atomic mass is 10.1. The van der Waals surface area contributed by atoms with Gasteiger partial charge in [-0.1, -0.05) is 17.3 Å². The molecule has 0 aliphatic carbocycles. The van der Waals surface area contributed by atoms with Crippen molar-refractivity contribution in [1.29, 1.82) is 0 Å². The van der Waals surface area contributed by atoms with E-state index in [2.05, 4.69) is 10.5 Å². The van der Waals surface area contributed by atoms with Gasteiger partial charge in [0.05, 0.1) is 6.42 Å². The molecule has 1 N–H and O–H groups in total. The number of benzene rings is 1. The number of aromatic nitrogens is 1. The lowest BCUT2D eigenvalue weighted by molar-refractivity contribution is -0.147. The fourth-order valence-corrected chi connectivity index (χ4v) is 2.37. The van der Waals surface area contributed by atoms with E-state index in [0.29, 0.717) is 11.3 Å². The van der Waals surface area contributed by atoms with Crippen molar-refractivity contribution in [3.63, 3.8) is 0 Å². The molecule has 0 aliphatic heterocycles. The predicted molar refractivity (Wildman–Crippen MR) is 92.6 cm³/mol. The lowest BCUT2D eigenvalue weighted by Crippen LogP contribution is -2.21. The van der Waals surface area contributed by atoms with Gasteiger partial charge in [-0.3, -0.25) is 14.4 Å². The standard InChI is InChI=1S/C17H18N2O5S/c1-11-9-15(19-24-11)18-16(21)10-23-17(22)8-7-14(20)12-3-5-13(25-2)6-4-12/h3-6,9H,7-8,10H2,1-2H3,(H,18,19,21). The van der Waals surface area contributed by atoms with Gasteiger partial charge in [0, 0.05) is 22.9 Å². The lowest BCUT2D eigenvalue weighted by Gasteiger charge is -2.05. The monoisotopic (exact) mass is 362 g/mol. The molecule has 7 nitrogen and oxygen atoms in total. The van der Waals surface area contributed by atoms with Crippen molar-refractivity contribution in [2.45, 2.75) is 24.7 Å². The molecule has 0 bridgehead atoms. The Bertz CT molecular complexity index is 755. The molecule has 8 heteroatoms. The third-order valence-electron chi connectivity index (χ3n) is 3.23. The first-order valence-electron chi connectivity index (χ1n) is 7.54. The number of rotatable bonds is 8. The molecule has 0 spiro atoms. The van der Waals surface area contributed by atoms with Gasteiger partial charge in [-0.05, 0) is 25.3 Å². The average Bonchev–Trinajstić information content (AvgIpc) is 3.02. The number of ether oxygens (including phenoxy) is 1. The molecule has 0 atom stereocenters. The van der Waals surface area contributed by atoms with Gasteiger partial charge in [0.1, 0.15) is 5.76 Å². The summed E-state index contributed by atoms with van der Waals surface area (Å²) in [4.78, 5) is 36.3. The van der Waals surface area contributed by atoms with E-state index in [1.165, 1.54) is 0 Å². The number of thioether (sulfide) groups is 1. The number of amides is 1. The zero-order valence-corrected chi connectivity index (χ0v) is 14.7. The van der Waals surface area contributed by atoms with E-state index in [1.807, 2.05) is 18.4 Å². The molecule has 0 saturated carbocycles. The topological polar surface area (TPSA) is 98.5 Å². The molecule has 0 radical (unpaired) electrons. The van der Waals surface area contributed by atoms with E-state index < -0.39 is 18.5 Å². The summed E-state index contributed by atoms with van der Waals surface area (Å²) in [5.41, 5.74) is 0.546. The molecular weight excluding hydrogens is 344 g/mol. The summed E-state index contributed by atoms with van der Waals surface area (Å²) in [5.74, 6) is -0.480. The number of esters is 1. The first-order valence-corrected chi connectivity index (χ1v) is 8.76. The highest BCUT2D eigenvalue weighted by atomic mass is 32.2. The van der Waals surface area contributed by atoms with Crippen LogP contribution >= 0.6 is 11.8 Å². The van der Waals surface area contributed by atoms with Gasteiger partial charge in [-0.2, -0.15) is 0 Å². The van der Waals surface area contributed by atoms with Gasteiger partial charge in [0.25, 0.3) is 5.91 Å². The Morgan fingerprint density at radius 1 is 1.20 bits per heavy atom. The minimum Gasteiger partial charge on any atom is -0.456 e. The molecule has 1 aromatic carbocycles. The van der Waals surface area contributed by atoms with Crippen LogP contribution in [0, 0.1) is 6.92 Å². The SMILES string of the molecule is CSc1ccc(C(=O)CCC(=O)OCC(=O)Nc2cc(C)on2)cc1. The van der Waals surface area contributed by atoms with Gasteiger partial charge in [-0.25, -0.2) is 0 Å². The fraction of sp³-hybridized carbons (Fsp3) is 0.294. The van der Waals surface area contributed by atoms with Crippen LogP contribution in [0.4, 0.5) is 5.82 Å². The van der Waals surface area contributed by atoms with Gasteiger partial charge in [-0.15, -0.1) is 11.8 Å². The number of ketones is 1. The minimum absolute atomic E-state index is 0.0293.